The molecule has 2 N–H and O–H groups in total. The SMILES string of the molecule is CSc1cc(F)cc(C(N)=O)c1. The summed E-state index contributed by atoms with van der Waals surface area (Å²) >= 11 is 1.37. The Kier molecular flexibility index (Phi) is 2.70. The van der Waals surface area contributed by atoms with Crippen molar-refractivity contribution >= 4 is 17.7 Å². The molecule has 0 aliphatic carbocycles. The van der Waals surface area contributed by atoms with Gasteiger partial charge in [0.05, 0.1) is 0 Å². The molecule has 64 valence electrons. The van der Waals surface area contributed by atoms with E-state index in [1.165, 1.54) is 17.8 Å². The van der Waals surface area contributed by atoms with Gasteiger partial charge in [0.15, 0.2) is 0 Å². The summed E-state index contributed by atoms with van der Waals surface area (Å²) in [5.41, 5.74) is 5.20. The Labute approximate surface area is 74.0 Å². The molecule has 0 aliphatic heterocycles. The first-order chi connectivity index (χ1) is 5.63. The van der Waals surface area contributed by atoms with Gasteiger partial charge in [-0.1, -0.05) is 0 Å². The number of carbonyl (C=O) groups is 1. The highest BCUT2D eigenvalue weighted by Gasteiger charge is 2.03. The zero-order valence-electron chi connectivity index (χ0n) is 6.50. The molecule has 2 nitrogen and oxygen atoms in total. The third-order valence-electron chi connectivity index (χ3n) is 1.39. The van der Waals surface area contributed by atoms with E-state index in [-0.39, 0.29) is 5.56 Å². The third kappa shape index (κ3) is 1.98. The Morgan fingerprint density at radius 3 is 2.67 bits per heavy atom. The van der Waals surface area contributed by atoms with Gasteiger partial charge < -0.3 is 5.73 Å². The highest BCUT2D eigenvalue weighted by atomic mass is 32.2. The molecule has 0 atom stereocenters. The third-order valence-corrected chi connectivity index (χ3v) is 2.10. The van der Waals surface area contributed by atoms with Crippen LogP contribution in [0.15, 0.2) is 23.1 Å². The Morgan fingerprint density at radius 1 is 1.50 bits per heavy atom. The molecule has 1 amide bonds. The van der Waals surface area contributed by atoms with E-state index in [4.69, 9.17) is 5.73 Å². The number of hydrogen-bond donors (Lipinski definition) is 1. The quantitative estimate of drug-likeness (QED) is 0.712. The van der Waals surface area contributed by atoms with Crippen LogP contribution in [-0.4, -0.2) is 12.2 Å². The molecule has 0 fully saturated rings. The van der Waals surface area contributed by atoms with Crippen molar-refractivity contribution in [2.75, 3.05) is 6.26 Å². The summed E-state index contributed by atoms with van der Waals surface area (Å²) in [5.74, 6) is -1.04. The minimum atomic E-state index is -0.607. The number of halogens is 1. The fraction of sp³-hybridized carbons (Fsp3) is 0.125. The highest BCUT2D eigenvalue weighted by Crippen LogP contribution is 2.17. The standard InChI is InChI=1S/C8H8FNOS/c1-12-7-3-5(8(10)11)2-6(9)4-7/h2-4H,1H3,(H2,10,11). The zero-order valence-corrected chi connectivity index (χ0v) is 7.32. The smallest absolute Gasteiger partial charge is 0.248 e. The highest BCUT2D eigenvalue weighted by molar-refractivity contribution is 7.98. The molecule has 0 aromatic heterocycles. The average molecular weight is 185 g/mol. The van der Waals surface area contributed by atoms with Crippen LogP contribution in [-0.2, 0) is 0 Å². The lowest BCUT2D eigenvalue weighted by atomic mass is 10.2. The predicted octanol–water partition coefficient (Wildman–Crippen LogP) is 1.65. The van der Waals surface area contributed by atoms with Crippen LogP contribution in [0.2, 0.25) is 0 Å². The van der Waals surface area contributed by atoms with Gasteiger partial charge in [-0.3, -0.25) is 4.79 Å². The van der Waals surface area contributed by atoms with Crippen LogP contribution in [0.25, 0.3) is 0 Å². The van der Waals surface area contributed by atoms with Crippen LogP contribution >= 0.6 is 11.8 Å². The molecule has 4 heteroatoms. The fourth-order valence-electron chi connectivity index (χ4n) is 0.823. The lowest BCUT2D eigenvalue weighted by Gasteiger charge is -1.99. The molecule has 0 saturated carbocycles. The van der Waals surface area contributed by atoms with E-state index in [0.29, 0.717) is 4.90 Å². The van der Waals surface area contributed by atoms with E-state index in [2.05, 4.69) is 0 Å². The van der Waals surface area contributed by atoms with E-state index < -0.39 is 11.7 Å². The Bertz CT molecular complexity index is 314. The number of rotatable bonds is 2. The molecule has 0 spiro atoms. The molecule has 1 aromatic rings. The maximum atomic E-state index is 12.8. The van der Waals surface area contributed by atoms with Crippen LogP contribution in [0.4, 0.5) is 4.39 Å². The van der Waals surface area contributed by atoms with Crippen molar-refractivity contribution in [2.45, 2.75) is 4.90 Å². The molecule has 1 rings (SSSR count). The van der Waals surface area contributed by atoms with Crippen LogP contribution in [0.3, 0.4) is 0 Å². The molecule has 0 bridgehead atoms. The van der Waals surface area contributed by atoms with E-state index in [9.17, 15) is 9.18 Å². The molecule has 0 radical (unpaired) electrons. The van der Waals surface area contributed by atoms with Crippen molar-refractivity contribution < 1.29 is 9.18 Å². The second-order valence-electron chi connectivity index (χ2n) is 2.24. The van der Waals surface area contributed by atoms with E-state index in [0.717, 1.165) is 6.07 Å². The number of carbonyl (C=O) groups excluding carboxylic acids is 1. The lowest BCUT2D eigenvalue weighted by molar-refractivity contribution is 0.0999. The molecule has 0 aliphatic rings. The van der Waals surface area contributed by atoms with Crippen molar-refractivity contribution in [3.05, 3.63) is 29.6 Å². The van der Waals surface area contributed by atoms with Crippen molar-refractivity contribution in [2.24, 2.45) is 5.73 Å². The number of amides is 1. The van der Waals surface area contributed by atoms with Crippen molar-refractivity contribution in [3.63, 3.8) is 0 Å². The summed E-state index contributed by atoms with van der Waals surface area (Å²) in [6.07, 6.45) is 1.81. The Hall–Kier alpha value is -1.03. The van der Waals surface area contributed by atoms with Gasteiger partial charge in [0.25, 0.3) is 0 Å². The van der Waals surface area contributed by atoms with Gasteiger partial charge in [0, 0.05) is 10.5 Å². The second kappa shape index (κ2) is 3.58. The first-order valence-corrected chi connectivity index (χ1v) is 4.50. The van der Waals surface area contributed by atoms with Gasteiger partial charge in [0.2, 0.25) is 5.91 Å². The number of nitrogens with two attached hydrogens (primary N) is 1. The van der Waals surface area contributed by atoms with E-state index in [1.54, 1.807) is 12.3 Å². The number of thioether (sulfide) groups is 1. The minimum absolute atomic E-state index is 0.208. The number of benzene rings is 1. The summed E-state index contributed by atoms with van der Waals surface area (Å²) in [5, 5.41) is 0. The first-order valence-electron chi connectivity index (χ1n) is 3.28. The molecular weight excluding hydrogens is 177 g/mol. The van der Waals surface area contributed by atoms with Crippen LogP contribution in [0.5, 0.6) is 0 Å². The largest absolute Gasteiger partial charge is 0.366 e. The first kappa shape index (κ1) is 9.06. The van der Waals surface area contributed by atoms with Crippen molar-refractivity contribution in [1.29, 1.82) is 0 Å². The summed E-state index contributed by atoms with van der Waals surface area (Å²) in [4.78, 5) is 11.4. The monoisotopic (exact) mass is 185 g/mol. The maximum Gasteiger partial charge on any atom is 0.248 e. The van der Waals surface area contributed by atoms with E-state index in [1.807, 2.05) is 0 Å². The van der Waals surface area contributed by atoms with Crippen molar-refractivity contribution in [3.8, 4) is 0 Å². The lowest BCUT2D eigenvalue weighted by Crippen LogP contribution is -2.11. The Morgan fingerprint density at radius 2 is 2.17 bits per heavy atom. The summed E-state index contributed by atoms with van der Waals surface area (Å²) in [6.45, 7) is 0. The molecule has 1 aromatic carbocycles. The summed E-state index contributed by atoms with van der Waals surface area (Å²) in [6, 6.07) is 4.05. The second-order valence-corrected chi connectivity index (χ2v) is 3.12. The van der Waals surface area contributed by atoms with Gasteiger partial charge in [-0.15, -0.1) is 11.8 Å². The summed E-state index contributed by atoms with van der Waals surface area (Å²) < 4.78 is 12.8. The van der Waals surface area contributed by atoms with Gasteiger partial charge in [0.1, 0.15) is 5.82 Å². The normalized spacial score (nSPS) is 9.83. The van der Waals surface area contributed by atoms with Gasteiger partial charge in [-0.05, 0) is 24.5 Å². The van der Waals surface area contributed by atoms with Crippen LogP contribution in [0, 0.1) is 5.82 Å². The van der Waals surface area contributed by atoms with Crippen molar-refractivity contribution in [1.82, 2.24) is 0 Å². The maximum absolute atomic E-state index is 12.8. The van der Waals surface area contributed by atoms with Gasteiger partial charge in [-0.25, -0.2) is 4.39 Å². The molecule has 0 heterocycles. The predicted molar refractivity (Wildman–Crippen MR) is 46.7 cm³/mol. The van der Waals surface area contributed by atoms with Gasteiger partial charge in [-0.2, -0.15) is 0 Å². The molecule has 0 saturated heterocycles. The minimum Gasteiger partial charge on any atom is -0.366 e. The number of hydrogen-bond acceptors (Lipinski definition) is 2. The molecule has 12 heavy (non-hydrogen) atoms. The molecule has 0 unspecified atom stereocenters. The topological polar surface area (TPSA) is 43.1 Å². The van der Waals surface area contributed by atoms with E-state index >= 15 is 0 Å². The molecular formula is C8H8FNOS. The fourth-order valence-corrected chi connectivity index (χ4v) is 1.30. The number of primary amides is 1. The van der Waals surface area contributed by atoms with Crippen LogP contribution < -0.4 is 5.73 Å². The van der Waals surface area contributed by atoms with Gasteiger partial charge >= 0.3 is 0 Å². The summed E-state index contributed by atoms with van der Waals surface area (Å²) in [7, 11) is 0. The zero-order chi connectivity index (χ0) is 9.14. The average Bonchev–Trinajstić information content (AvgIpc) is 2.03. The van der Waals surface area contributed by atoms with Crippen LogP contribution in [0.1, 0.15) is 10.4 Å². The Balaban J connectivity index is 3.15.